The summed E-state index contributed by atoms with van der Waals surface area (Å²) in [5, 5.41) is 5.74. The molecule has 0 bridgehead atoms. The number of amides is 4. The van der Waals surface area contributed by atoms with Gasteiger partial charge in [-0.1, -0.05) is 73.9 Å². The third kappa shape index (κ3) is 3.95. The molecular weight excluding hydrogens is 378 g/mol. The molecule has 30 heavy (non-hydrogen) atoms. The normalized spacial score (nSPS) is 18.9. The zero-order chi connectivity index (χ0) is 21.1. The maximum Gasteiger partial charge on any atom is 0.325 e. The van der Waals surface area contributed by atoms with Crippen LogP contribution in [0, 0.1) is 0 Å². The summed E-state index contributed by atoms with van der Waals surface area (Å²) in [7, 11) is 0. The van der Waals surface area contributed by atoms with Crippen molar-refractivity contribution >= 4 is 17.8 Å². The number of nitrogens with zero attached hydrogens (tertiary/aromatic N) is 1. The van der Waals surface area contributed by atoms with Gasteiger partial charge in [-0.2, -0.15) is 0 Å². The molecule has 2 aromatic carbocycles. The molecule has 156 valence electrons. The lowest BCUT2D eigenvalue weighted by molar-refractivity contribution is -0.136. The Morgan fingerprint density at radius 2 is 1.63 bits per heavy atom. The Hall–Kier alpha value is -3.15. The van der Waals surface area contributed by atoms with E-state index in [1.165, 1.54) is 0 Å². The van der Waals surface area contributed by atoms with Crippen LogP contribution in [0.4, 0.5) is 4.79 Å². The lowest BCUT2D eigenvalue weighted by Crippen LogP contribution is -2.49. The van der Waals surface area contributed by atoms with Crippen molar-refractivity contribution in [1.29, 1.82) is 0 Å². The van der Waals surface area contributed by atoms with E-state index >= 15 is 0 Å². The number of hydrogen-bond acceptors (Lipinski definition) is 3. The van der Waals surface area contributed by atoms with Gasteiger partial charge in [-0.25, -0.2) is 4.79 Å². The number of benzene rings is 2. The van der Waals surface area contributed by atoms with Crippen molar-refractivity contribution in [2.75, 3.05) is 6.54 Å². The molecule has 6 heteroatoms. The van der Waals surface area contributed by atoms with E-state index in [0.717, 1.165) is 40.9 Å². The van der Waals surface area contributed by atoms with Crippen molar-refractivity contribution in [1.82, 2.24) is 15.5 Å². The van der Waals surface area contributed by atoms with E-state index in [2.05, 4.69) is 22.8 Å². The second kappa shape index (κ2) is 8.30. The highest BCUT2D eigenvalue weighted by Gasteiger charge is 2.51. The van der Waals surface area contributed by atoms with E-state index in [9.17, 15) is 14.4 Å². The van der Waals surface area contributed by atoms with Crippen molar-refractivity contribution in [3.05, 3.63) is 60.2 Å². The second-order valence-corrected chi connectivity index (χ2v) is 8.24. The zero-order valence-electron chi connectivity index (χ0n) is 17.2. The van der Waals surface area contributed by atoms with Crippen molar-refractivity contribution in [3.8, 4) is 11.1 Å². The molecule has 1 heterocycles. The molecule has 1 saturated carbocycles. The van der Waals surface area contributed by atoms with Crippen LogP contribution in [0.5, 0.6) is 0 Å². The highest BCUT2D eigenvalue weighted by Crippen LogP contribution is 2.33. The van der Waals surface area contributed by atoms with E-state index in [-0.39, 0.29) is 24.4 Å². The summed E-state index contributed by atoms with van der Waals surface area (Å²) in [6.45, 7) is 1.64. The van der Waals surface area contributed by atoms with E-state index in [1.807, 2.05) is 49.4 Å². The molecule has 1 atom stereocenters. The molecule has 1 spiro atoms. The number of carbonyl (C=O) groups is 3. The van der Waals surface area contributed by atoms with Crippen molar-refractivity contribution < 1.29 is 14.4 Å². The van der Waals surface area contributed by atoms with Crippen LogP contribution in [0.25, 0.3) is 11.1 Å². The highest BCUT2D eigenvalue weighted by atomic mass is 16.2. The van der Waals surface area contributed by atoms with Gasteiger partial charge in [0.1, 0.15) is 12.1 Å². The fraction of sp³-hybridized carbons (Fsp3) is 0.375. The molecule has 4 rings (SSSR count). The number of urea groups is 1. The van der Waals surface area contributed by atoms with E-state index in [0.29, 0.717) is 12.8 Å². The standard InChI is InChI=1S/C24H27N3O3/c1-17(18-10-12-20(13-11-18)19-8-4-2-5-9-19)25-21(28)16-27-22(29)24(26-23(27)30)14-6-3-7-15-24/h2,4-5,8-13,17H,3,6-7,14-16H2,1H3,(H,25,28)(H,26,30)/t17-/m0/s1. The summed E-state index contributed by atoms with van der Waals surface area (Å²) in [4.78, 5) is 38.8. The fourth-order valence-corrected chi connectivity index (χ4v) is 4.42. The Balaban J connectivity index is 1.37. The van der Waals surface area contributed by atoms with Gasteiger partial charge in [-0.15, -0.1) is 0 Å². The van der Waals surface area contributed by atoms with Gasteiger partial charge in [0.2, 0.25) is 5.91 Å². The van der Waals surface area contributed by atoms with Crippen LogP contribution in [-0.2, 0) is 9.59 Å². The summed E-state index contributed by atoms with van der Waals surface area (Å²) in [5.74, 6) is -0.604. The number of rotatable bonds is 5. The molecule has 0 aromatic heterocycles. The van der Waals surface area contributed by atoms with Crippen molar-refractivity contribution in [2.45, 2.75) is 50.6 Å². The maximum absolute atomic E-state index is 12.8. The lowest BCUT2D eigenvalue weighted by Gasteiger charge is -2.30. The molecule has 1 saturated heterocycles. The minimum atomic E-state index is -0.797. The second-order valence-electron chi connectivity index (χ2n) is 8.24. The van der Waals surface area contributed by atoms with Gasteiger partial charge in [0.25, 0.3) is 5.91 Å². The predicted octanol–water partition coefficient (Wildman–Crippen LogP) is 3.79. The van der Waals surface area contributed by atoms with Crippen LogP contribution >= 0.6 is 0 Å². The Kier molecular flexibility index (Phi) is 5.57. The maximum atomic E-state index is 12.8. The summed E-state index contributed by atoms with van der Waals surface area (Å²) >= 11 is 0. The van der Waals surface area contributed by atoms with Crippen LogP contribution in [0.1, 0.15) is 50.6 Å². The van der Waals surface area contributed by atoms with Gasteiger partial charge in [0.15, 0.2) is 0 Å². The molecule has 2 aliphatic rings. The molecule has 2 aromatic rings. The summed E-state index contributed by atoms with van der Waals surface area (Å²) < 4.78 is 0. The van der Waals surface area contributed by atoms with Gasteiger partial charge < -0.3 is 10.6 Å². The zero-order valence-corrected chi connectivity index (χ0v) is 17.2. The summed E-state index contributed by atoms with van der Waals surface area (Å²) in [5.41, 5.74) is 2.41. The molecule has 4 amide bonds. The molecular formula is C24H27N3O3. The summed E-state index contributed by atoms with van der Waals surface area (Å²) in [6, 6.07) is 17.4. The monoisotopic (exact) mass is 405 g/mol. The number of nitrogens with one attached hydrogen (secondary N) is 2. The number of carbonyl (C=O) groups excluding carboxylic acids is 3. The van der Waals surface area contributed by atoms with Gasteiger partial charge in [0, 0.05) is 0 Å². The van der Waals surface area contributed by atoms with Gasteiger partial charge in [0.05, 0.1) is 6.04 Å². The Morgan fingerprint density at radius 1 is 1.00 bits per heavy atom. The quantitative estimate of drug-likeness (QED) is 0.743. The summed E-state index contributed by atoms with van der Waals surface area (Å²) in [6.07, 6.45) is 4.22. The molecule has 1 aliphatic carbocycles. The molecule has 0 radical (unpaired) electrons. The number of imide groups is 1. The van der Waals surface area contributed by atoms with Gasteiger partial charge in [-0.05, 0) is 36.5 Å². The minimum absolute atomic E-state index is 0.230. The van der Waals surface area contributed by atoms with Crippen LogP contribution in [-0.4, -0.2) is 34.8 Å². The van der Waals surface area contributed by atoms with Crippen LogP contribution < -0.4 is 10.6 Å². The highest BCUT2D eigenvalue weighted by molar-refractivity contribution is 6.09. The Bertz CT molecular complexity index is 934. The van der Waals surface area contributed by atoms with Crippen LogP contribution in [0.3, 0.4) is 0 Å². The van der Waals surface area contributed by atoms with E-state index < -0.39 is 11.6 Å². The average Bonchev–Trinajstić information content (AvgIpc) is 2.98. The van der Waals surface area contributed by atoms with E-state index in [4.69, 9.17) is 0 Å². The van der Waals surface area contributed by atoms with Crippen molar-refractivity contribution in [3.63, 3.8) is 0 Å². The minimum Gasteiger partial charge on any atom is -0.348 e. The lowest BCUT2D eigenvalue weighted by atomic mass is 9.82. The Labute approximate surface area is 176 Å². The van der Waals surface area contributed by atoms with Crippen molar-refractivity contribution in [2.24, 2.45) is 0 Å². The van der Waals surface area contributed by atoms with Crippen LogP contribution in [0.2, 0.25) is 0 Å². The van der Waals surface area contributed by atoms with Gasteiger partial charge in [-0.3, -0.25) is 14.5 Å². The number of hydrogen-bond donors (Lipinski definition) is 2. The average molecular weight is 405 g/mol. The first-order valence-electron chi connectivity index (χ1n) is 10.6. The first kappa shape index (κ1) is 20.1. The molecule has 2 N–H and O–H groups in total. The molecule has 0 unspecified atom stereocenters. The smallest absolute Gasteiger partial charge is 0.325 e. The third-order valence-corrected chi connectivity index (χ3v) is 6.15. The predicted molar refractivity (Wildman–Crippen MR) is 114 cm³/mol. The Morgan fingerprint density at radius 3 is 2.30 bits per heavy atom. The molecule has 2 fully saturated rings. The van der Waals surface area contributed by atoms with Gasteiger partial charge >= 0.3 is 6.03 Å². The van der Waals surface area contributed by atoms with E-state index in [1.54, 1.807) is 0 Å². The SMILES string of the molecule is C[C@H](NC(=O)CN1C(=O)NC2(CCCCC2)C1=O)c1ccc(-c2ccccc2)cc1. The third-order valence-electron chi connectivity index (χ3n) is 6.15. The molecule has 1 aliphatic heterocycles. The van der Waals surface area contributed by atoms with Crippen LogP contribution in [0.15, 0.2) is 54.6 Å². The topological polar surface area (TPSA) is 78.5 Å². The first-order valence-corrected chi connectivity index (χ1v) is 10.6. The molecule has 6 nitrogen and oxygen atoms in total. The fourth-order valence-electron chi connectivity index (χ4n) is 4.42. The first-order chi connectivity index (χ1) is 14.5. The largest absolute Gasteiger partial charge is 0.348 e.